The van der Waals surface area contributed by atoms with E-state index < -0.39 is 16.4 Å². The number of methoxy groups -OCH3 is 2. The van der Waals surface area contributed by atoms with Crippen LogP contribution in [0.15, 0.2) is 40.9 Å². The van der Waals surface area contributed by atoms with Gasteiger partial charge in [0.05, 0.1) is 23.6 Å². The number of nitro benzene ring substituents is 1. The molecule has 0 saturated heterocycles. The van der Waals surface area contributed by atoms with Crippen molar-refractivity contribution >= 4 is 33.5 Å². The number of nitro groups is 1. The van der Waals surface area contributed by atoms with Crippen LogP contribution in [0.5, 0.6) is 17.2 Å². The van der Waals surface area contributed by atoms with Crippen molar-refractivity contribution in [2.24, 2.45) is 0 Å². The summed E-state index contributed by atoms with van der Waals surface area (Å²) in [6.45, 7) is 0. The van der Waals surface area contributed by atoms with Crippen molar-refractivity contribution in [3.05, 3.63) is 62.1 Å². The van der Waals surface area contributed by atoms with Crippen molar-refractivity contribution in [1.29, 1.82) is 0 Å². The van der Waals surface area contributed by atoms with Crippen LogP contribution in [0.1, 0.15) is 15.9 Å². The normalized spacial score (nSPS) is 10.7. The summed E-state index contributed by atoms with van der Waals surface area (Å²) in [4.78, 5) is 22.4. The second-order valence-electron chi connectivity index (χ2n) is 4.88. The molecule has 0 aliphatic heterocycles. The Labute approximate surface area is 151 Å². The minimum absolute atomic E-state index is 0.159. The predicted octanol–water partition coefficient (Wildman–Crippen LogP) is 3.34. The van der Waals surface area contributed by atoms with Crippen LogP contribution in [0, 0.1) is 10.1 Å². The van der Waals surface area contributed by atoms with Gasteiger partial charge in [0.15, 0.2) is 5.78 Å². The summed E-state index contributed by atoms with van der Waals surface area (Å²) in [6.07, 6.45) is 2.65. The lowest BCUT2D eigenvalue weighted by atomic mass is 10.1. The molecule has 0 spiro atoms. The van der Waals surface area contributed by atoms with E-state index >= 15 is 0 Å². The third-order valence-corrected chi connectivity index (χ3v) is 3.96. The highest BCUT2D eigenvalue weighted by Crippen LogP contribution is 2.35. The number of allylic oxidation sites excluding steroid dienone is 1. The van der Waals surface area contributed by atoms with Gasteiger partial charge in [-0.15, -0.1) is 0 Å². The molecule has 2 aromatic carbocycles. The van der Waals surface area contributed by atoms with Gasteiger partial charge in [-0.05, 0) is 51.8 Å². The van der Waals surface area contributed by atoms with Gasteiger partial charge < -0.3 is 14.6 Å². The molecule has 0 heterocycles. The van der Waals surface area contributed by atoms with Gasteiger partial charge in [-0.1, -0.05) is 6.08 Å². The Balaban J connectivity index is 2.32. The number of hydrogen-bond acceptors (Lipinski definition) is 6. The van der Waals surface area contributed by atoms with Gasteiger partial charge in [-0.25, -0.2) is 0 Å². The Hall–Kier alpha value is -2.87. The molecular weight excluding hydrogens is 394 g/mol. The molecule has 0 bridgehead atoms. The Morgan fingerprint density at radius 1 is 1.16 bits per heavy atom. The Bertz CT molecular complexity index is 862. The first-order valence-electron chi connectivity index (χ1n) is 6.96. The summed E-state index contributed by atoms with van der Waals surface area (Å²) < 4.78 is 10.6. The van der Waals surface area contributed by atoms with E-state index in [1.807, 2.05) is 0 Å². The first-order chi connectivity index (χ1) is 11.9. The summed E-state index contributed by atoms with van der Waals surface area (Å²) in [5.74, 6) is -0.688. The van der Waals surface area contributed by atoms with E-state index in [2.05, 4.69) is 15.9 Å². The molecule has 130 valence electrons. The Morgan fingerprint density at radius 2 is 1.84 bits per heavy atom. The molecule has 8 heteroatoms. The molecule has 0 aromatic heterocycles. The first kappa shape index (κ1) is 18.5. The minimum atomic E-state index is -0.810. The van der Waals surface area contributed by atoms with Crippen LogP contribution in [0.4, 0.5) is 5.69 Å². The fourth-order valence-corrected chi connectivity index (χ4v) is 2.62. The number of halogens is 1. The lowest BCUT2D eigenvalue weighted by molar-refractivity contribution is -0.398. The van der Waals surface area contributed by atoms with E-state index in [1.54, 1.807) is 18.2 Å². The number of nitrogens with zero attached hydrogens (tertiary/aromatic N) is 1. The molecule has 0 N–H and O–H groups in total. The van der Waals surface area contributed by atoms with E-state index in [0.29, 0.717) is 21.3 Å². The van der Waals surface area contributed by atoms with E-state index in [-0.39, 0.29) is 11.5 Å². The SMILES string of the molecule is COc1ccc(C(=O)/C=C/c2cc(OC)c([O-])c([N+](=O)[O-])c2)cc1Br. The van der Waals surface area contributed by atoms with Crippen LogP contribution in [-0.4, -0.2) is 24.9 Å². The monoisotopic (exact) mass is 406 g/mol. The Kier molecular flexibility index (Phi) is 5.76. The lowest BCUT2D eigenvalue weighted by Crippen LogP contribution is -2.01. The predicted molar refractivity (Wildman–Crippen MR) is 93.2 cm³/mol. The second kappa shape index (κ2) is 7.80. The van der Waals surface area contributed by atoms with Gasteiger partial charge in [0.25, 0.3) is 5.69 Å². The summed E-state index contributed by atoms with van der Waals surface area (Å²) >= 11 is 3.30. The molecular formula is C17H13BrNO6-. The first-order valence-corrected chi connectivity index (χ1v) is 7.76. The average Bonchev–Trinajstić information content (AvgIpc) is 2.60. The molecule has 7 nitrogen and oxygen atoms in total. The number of ether oxygens (including phenoxy) is 2. The van der Waals surface area contributed by atoms with Crippen molar-refractivity contribution in [1.82, 2.24) is 0 Å². The van der Waals surface area contributed by atoms with Gasteiger partial charge in [-0.2, -0.15) is 0 Å². The molecule has 0 aliphatic carbocycles. The van der Waals surface area contributed by atoms with Crippen LogP contribution in [-0.2, 0) is 0 Å². The van der Waals surface area contributed by atoms with Gasteiger partial charge in [-0.3, -0.25) is 14.9 Å². The maximum atomic E-state index is 12.2. The smallest absolute Gasteiger partial charge is 0.266 e. The third kappa shape index (κ3) is 4.16. The summed E-state index contributed by atoms with van der Waals surface area (Å²) in [5, 5.41) is 22.7. The van der Waals surface area contributed by atoms with Gasteiger partial charge in [0.2, 0.25) is 0 Å². The quantitative estimate of drug-likeness (QED) is 0.315. The van der Waals surface area contributed by atoms with Gasteiger partial charge in [0.1, 0.15) is 11.5 Å². The van der Waals surface area contributed by atoms with Crippen LogP contribution in [0.2, 0.25) is 0 Å². The maximum absolute atomic E-state index is 12.2. The van der Waals surface area contributed by atoms with Crippen molar-refractivity contribution in [3.8, 4) is 17.2 Å². The van der Waals surface area contributed by atoms with Crippen molar-refractivity contribution in [2.45, 2.75) is 0 Å². The van der Waals surface area contributed by atoms with Crippen LogP contribution < -0.4 is 14.6 Å². The second-order valence-corrected chi connectivity index (χ2v) is 5.73. The molecule has 0 fully saturated rings. The fraction of sp³-hybridized carbons (Fsp3) is 0.118. The summed E-state index contributed by atoms with van der Waals surface area (Å²) in [7, 11) is 2.76. The zero-order chi connectivity index (χ0) is 18.6. The van der Waals surface area contributed by atoms with Crippen LogP contribution >= 0.6 is 15.9 Å². The highest BCUT2D eigenvalue weighted by molar-refractivity contribution is 9.10. The standard InChI is InChI=1S/C17H14BrNO6/c1-24-15-6-4-11(9-12(15)18)14(20)5-3-10-7-13(19(22)23)17(21)16(8-10)25-2/h3-9,21H,1-2H3/p-1/b5-3+. The van der Waals surface area contributed by atoms with E-state index in [9.17, 15) is 20.0 Å². The van der Waals surface area contributed by atoms with E-state index in [4.69, 9.17) is 9.47 Å². The average molecular weight is 407 g/mol. The number of ketones is 1. The van der Waals surface area contributed by atoms with Crippen LogP contribution in [0.3, 0.4) is 0 Å². The zero-order valence-electron chi connectivity index (χ0n) is 13.3. The number of carbonyl (C=O) groups is 1. The highest BCUT2D eigenvalue weighted by atomic mass is 79.9. The summed E-state index contributed by atoms with van der Waals surface area (Å²) in [6, 6.07) is 7.28. The fourth-order valence-electron chi connectivity index (χ4n) is 2.08. The third-order valence-electron chi connectivity index (χ3n) is 3.34. The molecule has 0 radical (unpaired) electrons. The van der Waals surface area contributed by atoms with Crippen molar-refractivity contribution in [3.63, 3.8) is 0 Å². The molecule has 2 aromatic rings. The lowest BCUT2D eigenvalue weighted by Gasteiger charge is -2.13. The molecule has 2 rings (SSSR count). The number of hydrogen-bond donors (Lipinski definition) is 0. The maximum Gasteiger partial charge on any atom is 0.266 e. The van der Waals surface area contributed by atoms with Crippen LogP contribution in [0.25, 0.3) is 6.08 Å². The molecule has 0 saturated carbocycles. The number of rotatable bonds is 6. The van der Waals surface area contributed by atoms with Gasteiger partial charge in [0, 0.05) is 17.4 Å². The minimum Gasteiger partial charge on any atom is -0.865 e. The molecule has 0 amide bonds. The number of carbonyl (C=O) groups excluding carboxylic acids is 1. The molecule has 0 unspecified atom stereocenters. The Morgan fingerprint density at radius 3 is 2.40 bits per heavy atom. The molecule has 25 heavy (non-hydrogen) atoms. The summed E-state index contributed by atoms with van der Waals surface area (Å²) in [5.41, 5.74) is 0.105. The van der Waals surface area contributed by atoms with Crippen molar-refractivity contribution < 1.29 is 24.3 Å². The highest BCUT2D eigenvalue weighted by Gasteiger charge is 2.13. The van der Waals surface area contributed by atoms with Crippen molar-refractivity contribution in [2.75, 3.05) is 14.2 Å². The van der Waals surface area contributed by atoms with Gasteiger partial charge >= 0.3 is 0 Å². The topological polar surface area (TPSA) is 102 Å². The van der Waals surface area contributed by atoms with E-state index in [0.717, 1.165) is 6.07 Å². The zero-order valence-corrected chi connectivity index (χ0v) is 14.9. The molecule has 0 aliphatic rings. The van der Waals surface area contributed by atoms with E-state index in [1.165, 1.54) is 32.4 Å². The molecule has 0 atom stereocenters. The number of benzene rings is 2. The largest absolute Gasteiger partial charge is 0.865 e.